The fourth-order valence-electron chi connectivity index (χ4n) is 2.94. The maximum absolute atomic E-state index is 11.6. The lowest BCUT2D eigenvalue weighted by atomic mass is 9.76. The molecule has 0 aromatic rings. The molecular weight excluding hydrogens is 280 g/mol. The molecule has 0 bridgehead atoms. The van der Waals surface area contributed by atoms with Crippen LogP contribution in [-0.4, -0.2) is 14.2 Å². The number of Topliss-reactive ketones (excluding diaryl/α,β-unsaturated/α-hetero) is 1. The van der Waals surface area contributed by atoms with Crippen LogP contribution in [0.2, 0.25) is 0 Å². The van der Waals surface area contributed by atoms with Gasteiger partial charge in [-0.15, -0.1) is 0 Å². The van der Waals surface area contributed by atoms with Crippen molar-refractivity contribution in [3.63, 3.8) is 0 Å². The summed E-state index contributed by atoms with van der Waals surface area (Å²) in [4.78, 5) is 11.6. The van der Waals surface area contributed by atoms with E-state index in [9.17, 15) is 13.2 Å². The SMILES string of the molecule is CCCCCC(C(C)=O)C1CCCCC1.O=S1(=O)OO1. The van der Waals surface area contributed by atoms with Gasteiger partial charge in [0.05, 0.1) is 0 Å². The van der Waals surface area contributed by atoms with Crippen molar-refractivity contribution >= 4 is 16.2 Å². The minimum atomic E-state index is -3.42. The molecule has 1 saturated heterocycles. The Morgan fingerprint density at radius 2 is 1.70 bits per heavy atom. The largest absolute Gasteiger partial charge is 0.455 e. The van der Waals surface area contributed by atoms with Crippen molar-refractivity contribution in [3.05, 3.63) is 0 Å². The van der Waals surface area contributed by atoms with E-state index in [4.69, 9.17) is 0 Å². The van der Waals surface area contributed by atoms with Crippen molar-refractivity contribution in [2.45, 2.75) is 71.6 Å². The molecule has 0 aromatic heterocycles. The topological polar surface area (TPSA) is 76.3 Å². The normalized spacial score (nSPS) is 22.5. The Bertz CT molecular complexity index is 374. The second-order valence-corrected chi connectivity index (χ2v) is 6.74. The van der Waals surface area contributed by atoms with Crippen LogP contribution in [0.1, 0.15) is 71.6 Å². The molecule has 1 aliphatic carbocycles. The van der Waals surface area contributed by atoms with Crippen LogP contribution >= 0.6 is 0 Å². The van der Waals surface area contributed by atoms with E-state index in [0.717, 1.165) is 6.42 Å². The Morgan fingerprint density at radius 3 is 2.10 bits per heavy atom. The highest BCUT2D eigenvalue weighted by Crippen LogP contribution is 2.33. The zero-order chi connectivity index (χ0) is 15.0. The van der Waals surface area contributed by atoms with E-state index in [-0.39, 0.29) is 0 Å². The highest BCUT2D eigenvalue weighted by molar-refractivity contribution is 7.85. The Hall–Kier alpha value is -0.460. The Kier molecular flexibility index (Phi) is 7.69. The van der Waals surface area contributed by atoms with Gasteiger partial charge >= 0.3 is 10.4 Å². The third kappa shape index (κ3) is 7.36. The number of carbonyl (C=O) groups is 1. The van der Waals surface area contributed by atoms with E-state index < -0.39 is 10.4 Å². The lowest BCUT2D eigenvalue weighted by molar-refractivity contribution is -0.123. The molecule has 6 heteroatoms. The highest BCUT2D eigenvalue weighted by Gasteiger charge is 2.31. The average molecular weight is 306 g/mol. The first-order valence-electron chi connectivity index (χ1n) is 7.59. The predicted molar refractivity (Wildman–Crippen MR) is 76.0 cm³/mol. The minimum absolute atomic E-state index is 0.386. The van der Waals surface area contributed by atoms with Crippen molar-refractivity contribution in [3.8, 4) is 0 Å². The molecule has 5 nitrogen and oxygen atoms in total. The van der Waals surface area contributed by atoms with Gasteiger partial charge in [-0.1, -0.05) is 54.1 Å². The molecule has 0 radical (unpaired) electrons. The van der Waals surface area contributed by atoms with E-state index in [2.05, 4.69) is 15.6 Å². The summed E-state index contributed by atoms with van der Waals surface area (Å²) in [5.74, 6) is 1.54. The molecule has 0 N–H and O–H groups in total. The summed E-state index contributed by atoms with van der Waals surface area (Å²) in [6.07, 6.45) is 11.6. The fraction of sp³-hybridized carbons (Fsp3) is 0.929. The molecule has 1 atom stereocenters. The van der Waals surface area contributed by atoms with Crippen LogP contribution in [0, 0.1) is 11.8 Å². The molecule has 0 spiro atoms. The zero-order valence-electron chi connectivity index (χ0n) is 12.5. The summed E-state index contributed by atoms with van der Waals surface area (Å²) in [5, 5.41) is 0. The van der Waals surface area contributed by atoms with Gasteiger partial charge in [-0.05, 0) is 32.1 Å². The number of hydrogen-bond donors (Lipinski definition) is 0. The Balaban J connectivity index is 0.000000333. The van der Waals surface area contributed by atoms with Crippen molar-refractivity contribution < 1.29 is 21.9 Å². The van der Waals surface area contributed by atoms with Gasteiger partial charge in [0.25, 0.3) is 0 Å². The van der Waals surface area contributed by atoms with E-state index in [1.807, 2.05) is 0 Å². The predicted octanol–water partition coefficient (Wildman–Crippen LogP) is 3.55. The van der Waals surface area contributed by atoms with E-state index in [1.165, 1.54) is 51.4 Å². The smallest absolute Gasteiger partial charge is 0.300 e. The molecule has 118 valence electrons. The van der Waals surface area contributed by atoms with Gasteiger partial charge in [-0.25, -0.2) is 0 Å². The molecule has 2 rings (SSSR count). The van der Waals surface area contributed by atoms with Crippen LogP contribution in [0.15, 0.2) is 0 Å². The monoisotopic (exact) mass is 306 g/mol. The fourth-order valence-corrected chi connectivity index (χ4v) is 3.13. The summed E-state index contributed by atoms with van der Waals surface area (Å²) >= 11 is 0. The van der Waals surface area contributed by atoms with Crippen LogP contribution in [0.4, 0.5) is 0 Å². The molecular formula is C14H26O5S. The van der Waals surface area contributed by atoms with Gasteiger partial charge in [-0.3, -0.25) is 4.79 Å². The van der Waals surface area contributed by atoms with Crippen LogP contribution < -0.4 is 0 Å². The van der Waals surface area contributed by atoms with Crippen LogP contribution in [0.25, 0.3) is 0 Å². The molecule has 0 amide bonds. The number of hydrogen-bond acceptors (Lipinski definition) is 5. The summed E-state index contributed by atoms with van der Waals surface area (Å²) in [5.41, 5.74) is 0. The van der Waals surface area contributed by atoms with Gasteiger partial charge in [-0.2, -0.15) is 8.42 Å². The summed E-state index contributed by atoms with van der Waals surface area (Å²) in [6.45, 7) is 4.02. The lowest BCUT2D eigenvalue weighted by Gasteiger charge is -2.28. The average Bonchev–Trinajstić information content (AvgIpc) is 3.11. The van der Waals surface area contributed by atoms with Crippen molar-refractivity contribution in [1.82, 2.24) is 0 Å². The van der Waals surface area contributed by atoms with Crippen LogP contribution in [0.5, 0.6) is 0 Å². The number of carbonyl (C=O) groups excluding carboxylic acids is 1. The van der Waals surface area contributed by atoms with E-state index >= 15 is 0 Å². The zero-order valence-corrected chi connectivity index (χ0v) is 13.3. The Morgan fingerprint density at radius 1 is 1.15 bits per heavy atom. The first-order chi connectivity index (χ1) is 9.46. The minimum Gasteiger partial charge on any atom is -0.300 e. The molecule has 1 aliphatic heterocycles. The number of unbranched alkanes of at least 4 members (excludes halogenated alkanes) is 2. The van der Waals surface area contributed by atoms with Crippen molar-refractivity contribution in [1.29, 1.82) is 0 Å². The van der Waals surface area contributed by atoms with Gasteiger partial charge in [0.1, 0.15) is 5.78 Å². The molecule has 2 aliphatic rings. The maximum Gasteiger partial charge on any atom is 0.455 e. The van der Waals surface area contributed by atoms with Crippen molar-refractivity contribution in [2.75, 3.05) is 0 Å². The maximum atomic E-state index is 11.6. The summed E-state index contributed by atoms with van der Waals surface area (Å²) in [6, 6.07) is 0. The van der Waals surface area contributed by atoms with Gasteiger partial charge in [0.15, 0.2) is 0 Å². The van der Waals surface area contributed by atoms with Crippen LogP contribution in [-0.2, 0) is 23.9 Å². The molecule has 0 aromatic carbocycles. The quantitative estimate of drug-likeness (QED) is 0.426. The standard InChI is InChI=1S/C14H26O.O4S/c1-3-4-6-11-14(12(2)15)13-9-7-5-8-10-13;1-5(2)3-4-5/h13-14H,3-11H2,1-2H3;. The molecule has 2 fully saturated rings. The van der Waals surface area contributed by atoms with Crippen LogP contribution in [0.3, 0.4) is 0 Å². The highest BCUT2D eigenvalue weighted by atomic mass is 32.3. The van der Waals surface area contributed by atoms with E-state index in [1.54, 1.807) is 6.92 Å². The number of rotatable bonds is 6. The van der Waals surface area contributed by atoms with Gasteiger partial charge < -0.3 is 0 Å². The summed E-state index contributed by atoms with van der Waals surface area (Å²) in [7, 11) is -3.42. The van der Waals surface area contributed by atoms with E-state index in [0.29, 0.717) is 17.6 Å². The van der Waals surface area contributed by atoms with Gasteiger partial charge in [0, 0.05) is 5.92 Å². The third-order valence-corrected chi connectivity index (χ3v) is 4.40. The first-order valence-corrected chi connectivity index (χ1v) is 8.92. The number of ketones is 1. The first kappa shape index (κ1) is 17.6. The molecule has 1 saturated carbocycles. The summed E-state index contributed by atoms with van der Waals surface area (Å²) < 4.78 is 25.3. The molecule has 1 unspecified atom stereocenters. The Labute approximate surface area is 122 Å². The third-order valence-electron chi connectivity index (χ3n) is 4.04. The van der Waals surface area contributed by atoms with Gasteiger partial charge in [0.2, 0.25) is 0 Å². The molecule has 1 heterocycles. The lowest BCUT2D eigenvalue weighted by Crippen LogP contribution is -2.24. The second kappa shape index (κ2) is 8.74. The van der Waals surface area contributed by atoms with Crippen molar-refractivity contribution in [2.24, 2.45) is 11.8 Å². The second-order valence-electron chi connectivity index (χ2n) is 5.66. The molecule has 20 heavy (non-hydrogen) atoms.